The summed E-state index contributed by atoms with van der Waals surface area (Å²) >= 11 is 0. The molecule has 0 aromatic heterocycles. The molecule has 1 amide bonds. The van der Waals surface area contributed by atoms with E-state index in [0.29, 0.717) is 18.6 Å². The summed E-state index contributed by atoms with van der Waals surface area (Å²) < 4.78 is 5.88. The highest BCUT2D eigenvalue weighted by Gasteiger charge is 2.54. The van der Waals surface area contributed by atoms with Gasteiger partial charge in [0.1, 0.15) is 0 Å². The second kappa shape index (κ2) is 8.51. The molecule has 2 unspecified atom stereocenters. The lowest BCUT2D eigenvalue weighted by Crippen LogP contribution is -2.65. The van der Waals surface area contributed by atoms with Crippen LogP contribution in [-0.4, -0.2) is 31.2 Å². The number of carbonyl (C=O) groups excluding carboxylic acids is 1. The first-order chi connectivity index (χ1) is 10.1. The van der Waals surface area contributed by atoms with Crippen LogP contribution in [0.15, 0.2) is 0 Å². The zero-order chi connectivity index (χ0) is 15.5. The zero-order valence-corrected chi connectivity index (χ0v) is 15.1. The van der Waals surface area contributed by atoms with E-state index in [4.69, 9.17) is 10.5 Å². The van der Waals surface area contributed by atoms with Crippen molar-refractivity contribution in [1.29, 1.82) is 0 Å². The molecule has 2 saturated carbocycles. The van der Waals surface area contributed by atoms with E-state index in [0.717, 1.165) is 45.1 Å². The second-order valence-electron chi connectivity index (χ2n) is 6.71. The van der Waals surface area contributed by atoms with Gasteiger partial charge in [-0.1, -0.05) is 20.3 Å². The Labute approximate surface area is 141 Å². The van der Waals surface area contributed by atoms with E-state index in [1.54, 1.807) is 0 Å². The van der Waals surface area contributed by atoms with E-state index in [1.807, 2.05) is 6.92 Å². The third-order valence-corrected chi connectivity index (χ3v) is 6.08. The quantitative estimate of drug-likeness (QED) is 0.753. The van der Waals surface area contributed by atoms with Gasteiger partial charge in [-0.25, -0.2) is 0 Å². The predicted octanol–water partition coefficient (Wildman–Crippen LogP) is 2.88. The van der Waals surface area contributed by atoms with Gasteiger partial charge in [0.25, 0.3) is 0 Å². The van der Waals surface area contributed by atoms with Crippen molar-refractivity contribution in [1.82, 2.24) is 5.32 Å². The van der Waals surface area contributed by atoms with Crippen LogP contribution in [0.2, 0.25) is 0 Å². The monoisotopic (exact) mass is 332 g/mol. The lowest BCUT2D eigenvalue weighted by molar-refractivity contribution is -0.151. The van der Waals surface area contributed by atoms with Crippen LogP contribution < -0.4 is 11.1 Å². The maximum absolute atomic E-state index is 12.6. The maximum Gasteiger partial charge on any atom is 0.223 e. The van der Waals surface area contributed by atoms with Crippen LogP contribution >= 0.6 is 12.4 Å². The molecular formula is C17H33ClN2O2. The number of nitrogens with two attached hydrogens (primary N) is 1. The number of carbonyl (C=O) groups is 1. The summed E-state index contributed by atoms with van der Waals surface area (Å²) in [6, 6.07) is 0.274. The number of amides is 1. The molecule has 2 fully saturated rings. The Morgan fingerprint density at radius 2 is 1.95 bits per heavy atom. The molecule has 2 aliphatic carbocycles. The summed E-state index contributed by atoms with van der Waals surface area (Å²) in [5, 5.41) is 3.33. The number of halogens is 1. The number of nitrogens with one attached hydrogen (secondary N) is 1. The highest BCUT2D eigenvalue weighted by atomic mass is 35.5. The molecule has 130 valence electrons. The van der Waals surface area contributed by atoms with Crippen molar-refractivity contribution in [2.75, 3.05) is 13.2 Å². The molecule has 2 aliphatic rings. The minimum Gasteiger partial charge on any atom is -0.378 e. The Morgan fingerprint density at radius 3 is 2.50 bits per heavy atom. The van der Waals surface area contributed by atoms with Crippen LogP contribution in [0.25, 0.3) is 0 Å². The van der Waals surface area contributed by atoms with E-state index in [1.165, 1.54) is 0 Å². The molecule has 0 radical (unpaired) electrons. The molecule has 0 saturated heterocycles. The zero-order valence-electron chi connectivity index (χ0n) is 14.3. The molecule has 0 aromatic carbocycles. The van der Waals surface area contributed by atoms with E-state index in [9.17, 15) is 4.79 Å². The number of hydrogen-bond acceptors (Lipinski definition) is 3. The van der Waals surface area contributed by atoms with Gasteiger partial charge in [0.2, 0.25) is 5.91 Å². The van der Waals surface area contributed by atoms with Crippen molar-refractivity contribution >= 4 is 18.3 Å². The van der Waals surface area contributed by atoms with Gasteiger partial charge >= 0.3 is 0 Å². The summed E-state index contributed by atoms with van der Waals surface area (Å²) in [5.41, 5.74) is 5.93. The molecule has 5 heteroatoms. The highest BCUT2D eigenvalue weighted by Crippen LogP contribution is 2.49. The van der Waals surface area contributed by atoms with Crippen molar-refractivity contribution in [2.24, 2.45) is 23.0 Å². The Kier molecular flexibility index (Phi) is 7.63. The predicted molar refractivity (Wildman–Crippen MR) is 92.1 cm³/mol. The van der Waals surface area contributed by atoms with Gasteiger partial charge in [-0.2, -0.15) is 0 Å². The molecule has 22 heavy (non-hydrogen) atoms. The fourth-order valence-corrected chi connectivity index (χ4v) is 4.53. The van der Waals surface area contributed by atoms with Crippen LogP contribution in [-0.2, 0) is 9.53 Å². The number of rotatable bonds is 7. The molecule has 0 bridgehead atoms. The largest absolute Gasteiger partial charge is 0.378 e. The molecule has 3 N–H and O–H groups in total. The summed E-state index contributed by atoms with van der Waals surface area (Å²) in [7, 11) is 0. The lowest BCUT2D eigenvalue weighted by atomic mass is 9.58. The fraction of sp³-hybridized carbons (Fsp3) is 0.941. The first-order valence-corrected chi connectivity index (χ1v) is 8.74. The molecule has 0 heterocycles. The van der Waals surface area contributed by atoms with Gasteiger partial charge in [-0.15, -0.1) is 12.4 Å². The van der Waals surface area contributed by atoms with Crippen LogP contribution in [0, 0.1) is 17.3 Å². The van der Waals surface area contributed by atoms with E-state index in [2.05, 4.69) is 19.2 Å². The topological polar surface area (TPSA) is 64.3 Å². The molecule has 0 spiro atoms. The van der Waals surface area contributed by atoms with Gasteiger partial charge in [-0.05, 0) is 51.5 Å². The Morgan fingerprint density at radius 1 is 1.27 bits per heavy atom. The van der Waals surface area contributed by atoms with Gasteiger partial charge in [0.15, 0.2) is 0 Å². The first-order valence-electron chi connectivity index (χ1n) is 8.74. The van der Waals surface area contributed by atoms with Crippen molar-refractivity contribution in [3.63, 3.8) is 0 Å². The molecule has 0 aliphatic heterocycles. The summed E-state index contributed by atoms with van der Waals surface area (Å²) in [6.45, 7) is 7.87. The second-order valence-corrected chi connectivity index (χ2v) is 6.71. The van der Waals surface area contributed by atoms with Gasteiger partial charge in [0.05, 0.1) is 6.10 Å². The molecular weight excluding hydrogens is 300 g/mol. The summed E-state index contributed by atoms with van der Waals surface area (Å²) in [4.78, 5) is 12.6. The Bertz CT molecular complexity index is 361. The number of ether oxygens (including phenoxy) is 1. The lowest BCUT2D eigenvalue weighted by Gasteiger charge is -2.55. The molecule has 4 atom stereocenters. The van der Waals surface area contributed by atoms with Crippen LogP contribution in [0.1, 0.15) is 59.3 Å². The van der Waals surface area contributed by atoms with Crippen LogP contribution in [0.4, 0.5) is 0 Å². The van der Waals surface area contributed by atoms with Gasteiger partial charge < -0.3 is 15.8 Å². The van der Waals surface area contributed by atoms with Crippen molar-refractivity contribution in [2.45, 2.75) is 71.4 Å². The fourth-order valence-electron chi connectivity index (χ4n) is 4.53. The first kappa shape index (κ1) is 19.7. The van der Waals surface area contributed by atoms with E-state index in [-0.39, 0.29) is 35.7 Å². The van der Waals surface area contributed by atoms with E-state index < -0.39 is 0 Å². The van der Waals surface area contributed by atoms with E-state index >= 15 is 0 Å². The molecule has 4 nitrogen and oxygen atoms in total. The Balaban J connectivity index is 0.00000242. The smallest absolute Gasteiger partial charge is 0.223 e. The van der Waals surface area contributed by atoms with Crippen LogP contribution in [0.3, 0.4) is 0 Å². The van der Waals surface area contributed by atoms with Crippen molar-refractivity contribution < 1.29 is 9.53 Å². The summed E-state index contributed by atoms with van der Waals surface area (Å²) in [5.74, 6) is 0.743. The van der Waals surface area contributed by atoms with Crippen LogP contribution in [0.5, 0.6) is 0 Å². The van der Waals surface area contributed by atoms with Crippen molar-refractivity contribution in [3.8, 4) is 0 Å². The SMILES string of the molecule is CCOC1CC(NC(=O)[C@@H]2CCC[C@@H]2CN)C1(CC)CC.Cl. The standard InChI is InChI=1S/C17H32N2O2.ClH/c1-4-17(5-2)14(10-15(17)21-6-3)19-16(20)13-9-7-8-12(13)11-18;/h12-15H,4-11,18H2,1-3H3,(H,19,20);1H/t12-,13-,14?,15?;/m1./s1. The minimum absolute atomic E-state index is 0. The highest BCUT2D eigenvalue weighted by molar-refractivity contribution is 5.85. The van der Waals surface area contributed by atoms with Gasteiger partial charge in [-0.3, -0.25) is 4.79 Å². The molecule has 0 aromatic rings. The number of hydrogen-bond donors (Lipinski definition) is 2. The average molecular weight is 333 g/mol. The van der Waals surface area contributed by atoms with Crippen molar-refractivity contribution in [3.05, 3.63) is 0 Å². The van der Waals surface area contributed by atoms with Gasteiger partial charge in [0, 0.05) is 24.0 Å². The molecule has 2 rings (SSSR count). The average Bonchev–Trinajstić information content (AvgIpc) is 2.96. The third kappa shape index (κ3) is 3.44. The normalized spacial score (nSPS) is 32.9. The maximum atomic E-state index is 12.6. The third-order valence-electron chi connectivity index (χ3n) is 6.08. The Hall–Kier alpha value is -0.320. The summed E-state index contributed by atoms with van der Waals surface area (Å²) in [6.07, 6.45) is 6.62. The minimum atomic E-state index is 0.